The van der Waals surface area contributed by atoms with E-state index in [-0.39, 0.29) is 5.75 Å². The summed E-state index contributed by atoms with van der Waals surface area (Å²) in [7, 11) is 0. The minimum atomic E-state index is 0.189. The first-order valence-electron chi connectivity index (χ1n) is 3.92. The van der Waals surface area contributed by atoms with E-state index in [1.807, 2.05) is 6.29 Å². The van der Waals surface area contributed by atoms with Gasteiger partial charge < -0.3 is 5.11 Å². The van der Waals surface area contributed by atoms with E-state index in [0.717, 1.165) is 5.39 Å². The van der Waals surface area contributed by atoms with Crippen LogP contribution in [0.4, 0.5) is 0 Å². The van der Waals surface area contributed by atoms with E-state index >= 15 is 0 Å². The quantitative estimate of drug-likeness (QED) is 0.712. The Labute approximate surface area is 75.4 Å². The summed E-state index contributed by atoms with van der Waals surface area (Å²) in [6, 6.07) is 10.3. The molecule has 13 heavy (non-hydrogen) atoms. The fourth-order valence-electron chi connectivity index (χ4n) is 1.38. The zero-order valence-corrected chi connectivity index (χ0v) is 6.82. The monoisotopic (exact) mass is 171 g/mol. The van der Waals surface area contributed by atoms with Gasteiger partial charge in [0.25, 0.3) is 0 Å². The van der Waals surface area contributed by atoms with E-state index in [2.05, 4.69) is 0 Å². The van der Waals surface area contributed by atoms with Crippen molar-refractivity contribution in [3.8, 4) is 5.75 Å². The van der Waals surface area contributed by atoms with Crippen LogP contribution in [0, 0.1) is 0 Å². The van der Waals surface area contributed by atoms with Gasteiger partial charge in [-0.05, 0) is 11.5 Å². The fraction of sp³-hybridized carbons (Fsp3) is 0. The van der Waals surface area contributed by atoms with Gasteiger partial charge in [0.05, 0.1) is 0 Å². The van der Waals surface area contributed by atoms with Gasteiger partial charge in [0, 0.05) is 10.9 Å². The number of hydrogen-bond acceptors (Lipinski definition) is 2. The Morgan fingerprint density at radius 2 is 1.69 bits per heavy atom. The van der Waals surface area contributed by atoms with Crippen LogP contribution in [0.25, 0.3) is 10.8 Å². The maximum absolute atomic E-state index is 10.5. The summed E-state index contributed by atoms with van der Waals surface area (Å²) >= 11 is 0. The van der Waals surface area contributed by atoms with Gasteiger partial charge in [-0.15, -0.1) is 0 Å². The van der Waals surface area contributed by atoms with Gasteiger partial charge in [0.1, 0.15) is 5.75 Å². The summed E-state index contributed by atoms with van der Waals surface area (Å²) < 4.78 is 0. The SMILES string of the molecule is O=[C]c1cccc2c(O)cccc12. The molecule has 2 heteroatoms. The number of hydrogen-bond donors (Lipinski definition) is 1. The average molecular weight is 171 g/mol. The molecule has 0 aromatic heterocycles. The van der Waals surface area contributed by atoms with Crippen LogP contribution in [0.5, 0.6) is 5.75 Å². The van der Waals surface area contributed by atoms with Crippen molar-refractivity contribution in [3.63, 3.8) is 0 Å². The lowest BCUT2D eigenvalue weighted by atomic mass is 10.1. The smallest absolute Gasteiger partial charge is 0.234 e. The van der Waals surface area contributed by atoms with E-state index in [4.69, 9.17) is 0 Å². The van der Waals surface area contributed by atoms with Crippen molar-refractivity contribution in [2.45, 2.75) is 0 Å². The minimum absolute atomic E-state index is 0.189. The zero-order valence-electron chi connectivity index (χ0n) is 6.82. The van der Waals surface area contributed by atoms with Crippen LogP contribution in [-0.2, 0) is 4.79 Å². The van der Waals surface area contributed by atoms with Gasteiger partial charge in [0.2, 0.25) is 6.29 Å². The Balaban J connectivity index is 2.92. The standard InChI is InChI=1S/C11H7O2/c12-7-8-3-1-5-10-9(8)4-2-6-11(10)13/h1-6,13H. The Morgan fingerprint density at radius 1 is 1.00 bits per heavy atom. The Bertz CT molecular complexity index is 461. The number of phenolic OH excluding ortho intramolecular Hbond substituents is 1. The van der Waals surface area contributed by atoms with Crippen molar-refractivity contribution in [2.75, 3.05) is 0 Å². The first-order valence-corrected chi connectivity index (χ1v) is 3.92. The highest BCUT2D eigenvalue weighted by Gasteiger charge is 2.02. The Morgan fingerprint density at radius 3 is 2.46 bits per heavy atom. The topological polar surface area (TPSA) is 37.3 Å². The van der Waals surface area contributed by atoms with Crippen molar-refractivity contribution in [2.24, 2.45) is 0 Å². The molecular weight excluding hydrogens is 164 g/mol. The number of carbonyl (C=O) groups excluding carboxylic acids is 1. The molecule has 0 aliphatic rings. The molecule has 0 bridgehead atoms. The van der Waals surface area contributed by atoms with Crippen LogP contribution < -0.4 is 0 Å². The third-order valence-electron chi connectivity index (χ3n) is 2.01. The minimum Gasteiger partial charge on any atom is -0.507 e. The lowest BCUT2D eigenvalue weighted by Crippen LogP contribution is -1.82. The molecule has 1 N–H and O–H groups in total. The highest BCUT2D eigenvalue weighted by molar-refractivity contribution is 6.00. The lowest BCUT2D eigenvalue weighted by Gasteiger charge is -2.01. The van der Waals surface area contributed by atoms with Gasteiger partial charge in [0.15, 0.2) is 0 Å². The molecule has 0 saturated carbocycles. The second kappa shape index (κ2) is 2.90. The molecule has 0 unspecified atom stereocenters. The third kappa shape index (κ3) is 1.16. The molecule has 0 spiro atoms. The van der Waals surface area contributed by atoms with E-state index < -0.39 is 0 Å². The summed E-state index contributed by atoms with van der Waals surface area (Å²) in [4.78, 5) is 10.5. The van der Waals surface area contributed by atoms with E-state index in [1.165, 1.54) is 0 Å². The number of rotatable bonds is 1. The number of benzene rings is 2. The van der Waals surface area contributed by atoms with Crippen LogP contribution in [0.1, 0.15) is 5.56 Å². The molecular formula is C11H7O2. The molecule has 63 valence electrons. The Kier molecular flexibility index (Phi) is 1.74. The largest absolute Gasteiger partial charge is 0.507 e. The molecule has 0 heterocycles. The van der Waals surface area contributed by atoms with Crippen molar-refractivity contribution in [1.82, 2.24) is 0 Å². The molecule has 0 amide bonds. The van der Waals surface area contributed by atoms with E-state index in [0.29, 0.717) is 10.9 Å². The average Bonchev–Trinajstić information content (AvgIpc) is 2.18. The van der Waals surface area contributed by atoms with Crippen molar-refractivity contribution in [3.05, 3.63) is 42.0 Å². The Hall–Kier alpha value is -1.83. The first-order chi connectivity index (χ1) is 6.33. The highest BCUT2D eigenvalue weighted by atomic mass is 16.3. The van der Waals surface area contributed by atoms with Gasteiger partial charge in [-0.25, -0.2) is 0 Å². The predicted molar refractivity (Wildman–Crippen MR) is 50.4 cm³/mol. The summed E-state index contributed by atoms with van der Waals surface area (Å²) in [5, 5.41) is 10.9. The van der Waals surface area contributed by atoms with Crippen LogP contribution in [0.3, 0.4) is 0 Å². The summed E-state index contributed by atoms with van der Waals surface area (Å²) in [6.07, 6.45) is 1.84. The fourth-order valence-corrected chi connectivity index (χ4v) is 1.38. The zero-order chi connectivity index (χ0) is 9.26. The molecule has 0 aliphatic carbocycles. The molecule has 2 aromatic rings. The van der Waals surface area contributed by atoms with Crippen LogP contribution in [0.15, 0.2) is 36.4 Å². The molecule has 1 radical (unpaired) electrons. The second-order valence-electron chi connectivity index (χ2n) is 2.78. The third-order valence-corrected chi connectivity index (χ3v) is 2.01. The molecule has 0 atom stereocenters. The molecule has 2 aromatic carbocycles. The van der Waals surface area contributed by atoms with E-state index in [1.54, 1.807) is 36.4 Å². The molecule has 0 saturated heterocycles. The molecule has 0 aliphatic heterocycles. The van der Waals surface area contributed by atoms with Crippen molar-refractivity contribution >= 4 is 17.1 Å². The van der Waals surface area contributed by atoms with Gasteiger partial charge in [-0.2, -0.15) is 0 Å². The summed E-state index contributed by atoms with van der Waals surface area (Å²) in [6.45, 7) is 0. The van der Waals surface area contributed by atoms with Crippen LogP contribution >= 0.6 is 0 Å². The molecule has 2 nitrogen and oxygen atoms in total. The summed E-state index contributed by atoms with van der Waals surface area (Å²) in [5.41, 5.74) is 0.480. The van der Waals surface area contributed by atoms with Crippen molar-refractivity contribution in [1.29, 1.82) is 0 Å². The first kappa shape index (κ1) is 7.80. The van der Waals surface area contributed by atoms with E-state index in [9.17, 15) is 9.90 Å². The van der Waals surface area contributed by atoms with Crippen LogP contribution in [-0.4, -0.2) is 11.4 Å². The van der Waals surface area contributed by atoms with Gasteiger partial charge in [-0.1, -0.05) is 30.3 Å². The van der Waals surface area contributed by atoms with Gasteiger partial charge >= 0.3 is 0 Å². The normalized spacial score (nSPS) is 10.2. The maximum Gasteiger partial charge on any atom is 0.234 e. The summed E-state index contributed by atoms with van der Waals surface area (Å²) in [5.74, 6) is 0.189. The molecule has 2 rings (SSSR count). The number of phenols is 1. The lowest BCUT2D eigenvalue weighted by molar-refractivity contribution is 0.481. The van der Waals surface area contributed by atoms with Crippen molar-refractivity contribution < 1.29 is 9.90 Å². The molecule has 0 fully saturated rings. The number of aromatic hydroxyl groups is 1. The highest BCUT2D eigenvalue weighted by Crippen LogP contribution is 2.25. The maximum atomic E-state index is 10.5. The number of fused-ring (bicyclic) bond motifs is 1. The van der Waals surface area contributed by atoms with Gasteiger partial charge in [-0.3, -0.25) is 4.79 Å². The second-order valence-corrected chi connectivity index (χ2v) is 2.78. The predicted octanol–water partition coefficient (Wildman–Crippen LogP) is 2.00. The van der Waals surface area contributed by atoms with Crippen LogP contribution in [0.2, 0.25) is 0 Å².